The highest BCUT2D eigenvalue weighted by atomic mass is 16.6. The molecule has 0 aromatic heterocycles. The number of phenols is 1. The molecule has 184 valence electrons. The zero-order valence-electron chi connectivity index (χ0n) is 20.1. The van der Waals surface area contributed by atoms with Crippen LogP contribution in [0, 0.1) is 11.1 Å². The van der Waals surface area contributed by atoms with Crippen molar-refractivity contribution in [1.82, 2.24) is 0 Å². The van der Waals surface area contributed by atoms with E-state index in [1.54, 1.807) is 6.07 Å². The van der Waals surface area contributed by atoms with Crippen LogP contribution in [-0.4, -0.2) is 53.0 Å². The average molecular weight is 476 g/mol. The number of ketones is 1. The summed E-state index contributed by atoms with van der Waals surface area (Å²) in [5.41, 5.74) is 1.85. The van der Waals surface area contributed by atoms with Gasteiger partial charge in [0.25, 0.3) is 0 Å². The molecule has 2 saturated carbocycles. The van der Waals surface area contributed by atoms with Gasteiger partial charge in [-0.05, 0) is 49.3 Å². The first-order chi connectivity index (χ1) is 17.0. The molecule has 6 nitrogen and oxygen atoms in total. The van der Waals surface area contributed by atoms with Crippen molar-refractivity contribution < 1.29 is 24.0 Å². The van der Waals surface area contributed by atoms with Gasteiger partial charge in [-0.3, -0.25) is 4.79 Å². The number of hydrogen-bond donors (Lipinski definition) is 1. The molecule has 5 aliphatic rings. The van der Waals surface area contributed by atoms with Gasteiger partial charge in [-0.15, -0.1) is 0 Å². The third-order valence-corrected chi connectivity index (χ3v) is 9.62. The summed E-state index contributed by atoms with van der Waals surface area (Å²) in [6, 6.07) is 13.8. The standard InChI is InChI=1S/C29H33NO5/c31-22-11-10-21-17-24-29(34-16-4-7-19-5-2-1-3-6-19)13-12-23(32)27-28(29,25(21)26(22)35-27)14-15-30(24,33)18-20-8-9-20/h1-3,5-6,10-11,20,24,27,31H,4,7-9,12-18H2/t24-,27?,28+,29-,30?/m1/s1. The molecule has 2 bridgehead atoms. The Morgan fingerprint density at radius 2 is 1.97 bits per heavy atom. The highest BCUT2D eigenvalue weighted by Crippen LogP contribution is 2.67. The van der Waals surface area contributed by atoms with E-state index in [9.17, 15) is 15.1 Å². The molecule has 7 rings (SSSR count). The predicted octanol–water partition coefficient (Wildman–Crippen LogP) is 4.20. The van der Waals surface area contributed by atoms with Crippen molar-refractivity contribution in [3.63, 3.8) is 0 Å². The first-order valence-electron chi connectivity index (χ1n) is 13.3. The number of nitrogens with zero attached hydrogens (tertiary/aromatic N) is 1. The molecule has 2 aromatic rings. The molecule has 3 aliphatic carbocycles. The molecule has 0 amide bonds. The van der Waals surface area contributed by atoms with E-state index >= 15 is 0 Å². The summed E-state index contributed by atoms with van der Waals surface area (Å²) in [5.74, 6) is 1.12. The number of aromatic hydroxyl groups is 1. The Morgan fingerprint density at radius 3 is 2.77 bits per heavy atom. The number of hydrogen-bond acceptors (Lipinski definition) is 5. The van der Waals surface area contributed by atoms with Gasteiger partial charge >= 0.3 is 0 Å². The van der Waals surface area contributed by atoms with E-state index in [0.717, 1.165) is 36.8 Å². The summed E-state index contributed by atoms with van der Waals surface area (Å²) in [7, 11) is 0. The third kappa shape index (κ3) is 2.96. The van der Waals surface area contributed by atoms with Crippen molar-refractivity contribution in [3.05, 3.63) is 64.4 Å². The first kappa shape index (κ1) is 21.8. The maximum atomic E-state index is 14.6. The lowest BCUT2D eigenvalue weighted by Crippen LogP contribution is -2.81. The number of ether oxygens (including phenoxy) is 2. The zero-order valence-corrected chi connectivity index (χ0v) is 20.1. The largest absolute Gasteiger partial charge is 0.632 e. The Kier molecular flexibility index (Phi) is 4.71. The van der Waals surface area contributed by atoms with Gasteiger partial charge in [-0.25, -0.2) is 0 Å². The van der Waals surface area contributed by atoms with Crippen LogP contribution < -0.4 is 4.74 Å². The minimum Gasteiger partial charge on any atom is -0.632 e. The summed E-state index contributed by atoms with van der Waals surface area (Å²) in [5, 5.41) is 25.3. The highest BCUT2D eigenvalue weighted by molar-refractivity contribution is 5.90. The monoisotopic (exact) mass is 475 g/mol. The molecule has 2 heterocycles. The van der Waals surface area contributed by atoms with Crippen molar-refractivity contribution in [2.24, 2.45) is 5.92 Å². The lowest BCUT2D eigenvalue weighted by atomic mass is 9.48. The number of hydroxylamine groups is 3. The molecule has 1 saturated heterocycles. The number of aryl methyl sites for hydroxylation is 1. The van der Waals surface area contributed by atoms with Gasteiger partial charge in [0.05, 0.1) is 18.5 Å². The summed E-state index contributed by atoms with van der Waals surface area (Å²) in [4.78, 5) is 13.3. The van der Waals surface area contributed by atoms with Crippen molar-refractivity contribution >= 4 is 5.78 Å². The van der Waals surface area contributed by atoms with Gasteiger partial charge in [0.15, 0.2) is 23.4 Å². The molecule has 0 radical (unpaired) electrons. The van der Waals surface area contributed by atoms with Crippen molar-refractivity contribution in [1.29, 1.82) is 0 Å². The SMILES string of the molecule is O=C1CC[C@@]2(OCCCc3ccccc3)[C@H]3Cc4ccc(O)c5c4[C@@]2(CC[N+]3([O-])CC2CC2)C1O5. The molecule has 5 atom stereocenters. The zero-order chi connectivity index (χ0) is 23.8. The van der Waals surface area contributed by atoms with Gasteiger partial charge < -0.3 is 24.4 Å². The van der Waals surface area contributed by atoms with Gasteiger partial charge in [0.2, 0.25) is 0 Å². The molecule has 3 fully saturated rings. The number of likely N-dealkylation sites (tertiary alicyclic amines) is 1. The Hall–Kier alpha value is -2.41. The maximum Gasteiger partial charge on any atom is 0.174 e. The smallest absolute Gasteiger partial charge is 0.174 e. The Morgan fingerprint density at radius 1 is 1.14 bits per heavy atom. The third-order valence-electron chi connectivity index (χ3n) is 9.62. The van der Waals surface area contributed by atoms with Gasteiger partial charge in [0, 0.05) is 37.4 Å². The second-order valence-electron chi connectivity index (χ2n) is 11.5. The topological polar surface area (TPSA) is 78.8 Å². The first-order valence-corrected chi connectivity index (χ1v) is 13.3. The second-order valence-corrected chi connectivity index (χ2v) is 11.5. The number of quaternary nitrogens is 1. The number of Topliss-reactive ketones (excluding diaryl/α,β-unsaturated/α-hetero) is 1. The number of carbonyl (C=O) groups is 1. The summed E-state index contributed by atoms with van der Waals surface area (Å²) >= 11 is 0. The molecule has 2 aliphatic heterocycles. The number of phenolic OH excluding ortho intramolecular Hbond substituents is 1. The summed E-state index contributed by atoms with van der Waals surface area (Å²) in [6.45, 7) is 1.68. The molecular formula is C29H33NO5. The van der Waals surface area contributed by atoms with E-state index in [4.69, 9.17) is 9.47 Å². The number of rotatable bonds is 7. The summed E-state index contributed by atoms with van der Waals surface area (Å²) < 4.78 is 13.0. The molecule has 6 heteroatoms. The van der Waals surface area contributed by atoms with Crippen LogP contribution >= 0.6 is 0 Å². The molecule has 2 unspecified atom stereocenters. The van der Waals surface area contributed by atoms with Crippen LogP contribution in [0.1, 0.15) is 55.2 Å². The fraction of sp³-hybridized carbons (Fsp3) is 0.552. The fourth-order valence-corrected chi connectivity index (χ4v) is 7.98. The van der Waals surface area contributed by atoms with Crippen LogP contribution in [0.15, 0.2) is 42.5 Å². The van der Waals surface area contributed by atoms with E-state index in [1.807, 2.05) is 12.1 Å². The van der Waals surface area contributed by atoms with Gasteiger partial charge in [0.1, 0.15) is 11.6 Å². The quantitative estimate of drug-likeness (QED) is 0.369. The summed E-state index contributed by atoms with van der Waals surface area (Å²) in [6.07, 6.45) is 5.48. The molecule has 2 aromatic carbocycles. The molecule has 1 N–H and O–H groups in total. The minimum absolute atomic E-state index is 0.0730. The van der Waals surface area contributed by atoms with E-state index < -0.39 is 17.1 Å². The predicted molar refractivity (Wildman–Crippen MR) is 130 cm³/mol. The highest BCUT2D eigenvalue weighted by Gasteiger charge is 2.77. The normalized spacial score (nSPS) is 36.5. The number of piperidine rings is 1. The Labute approximate surface area is 206 Å². The van der Waals surface area contributed by atoms with Gasteiger partial charge in [-0.2, -0.15) is 0 Å². The Bertz CT molecular complexity index is 1180. The molecular weight excluding hydrogens is 442 g/mol. The van der Waals surface area contributed by atoms with Crippen LogP contribution in [0.5, 0.6) is 11.5 Å². The maximum absolute atomic E-state index is 14.6. The number of carbonyl (C=O) groups excluding carboxylic acids is 1. The van der Waals surface area contributed by atoms with Crippen LogP contribution in [0.3, 0.4) is 0 Å². The van der Waals surface area contributed by atoms with Crippen molar-refractivity contribution in [2.45, 2.75) is 74.5 Å². The molecule has 1 spiro atoms. The minimum atomic E-state index is -0.747. The fourth-order valence-electron chi connectivity index (χ4n) is 7.98. The van der Waals surface area contributed by atoms with E-state index in [-0.39, 0.29) is 22.2 Å². The average Bonchev–Trinajstić information content (AvgIpc) is 3.59. The van der Waals surface area contributed by atoms with Crippen molar-refractivity contribution in [3.8, 4) is 11.5 Å². The van der Waals surface area contributed by atoms with E-state index in [1.165, 1.54) is 5.56 Å². The van der Waals surface area contributed by atoms with Crippen LogP contribution in [-0.2, 0) is 27.8 Å². The van der Waals surface area contributed by atoms with Gasteiger partial charge in [-0.1, -0.05) is 36.4 Å². The number of benzene rings is 2. The van der Waals surface area contributed by atoms with Crippen LogP contribution in [0.25, 0.3) is 0 Å². The second kappa shape index (κ2) is 7.55. The Balaban J connectivity index is 1.31. The van der Waals surface area contributed by atoms with Crippen LogP contribution in [0.2, 0.25) is 0 Å². The van der Waals surface area contributed by atoms with E-state index in [2.05, 4.69) is 24.3 Å². The van der Waals surface area contributed by atoms with Crippen LogP contribution in [0.4, 0.5) is 0 Å². The van der Waals surface area contributed by atoms with E-state index in [0.29, 0.717) is 57.0 Å². The molecule has 35 heavy (non-hydrogen) atoms. The lowest BCUT2D eigenvalue weighted by molar-refractivity contribution is -0.924. The van der Waals surface area contributed by atoms with Crippen molar-refractivity contribution in [2.75, 3.05) is 19.7 Å². The lowest BCUT2D eigenvalue weighted by Gasteiger charge is -2.68.